The molecule has 1 aliphatic heterocycles. The molecule has 0 atom stereocenters. The van der Waals surface area contributed by atoms with Crippen molar-refractivity contribution in [2.24, 2.45) is 5.41 Å². The SMILES string of the molecule is CC(C)(C#N)CCCN1CCCCc2ccccc21. The lowest BCUT2D eigenvalue weighted by Gasteiger charge is -2.26. The van der Waals surface area contributed by atoms with Crippen molar-refractivity contribution in [3.05, 3.63) is 29.8 Å². The Balaban J connectivity index is 1.99. The molecular weight excluding hydrogens is 232 g/mol. The van der Waals surface area contributed by atoms with E-state index in [-0.39, 0.29) is 5.41 Å². The summed E-state index contributed by atoms with van der Waals surface area (Å²) in [6.07, 6.45) is 5.83. The van der Waals surface area contributed by atoms with Crippen LogP contribution < -0.4 is 4.90 Å². The lowest BCUT2D eigenvalue weighted by molar-refractivity contribution is 0.434. The molecule has 0 aromatic heterocycles. The Kier molecular flexibility index (Phi) is 4.47. The van der Waals surface area contributed by atoms with Crippen LogP contribution in [0.4, 0.5) is 5.69 Å². The first-order valence-corrected chi connectivity index (χ1v) is 7.36. The molecule has 0 aliphatic carbocycles. The number of aryl methyl sites for hydroxylation is 1. The van der Waals surface area contributed by atoms with Crippen molar-refractivity contribution in [2.75, 3.05) is 18.0 Å². The molecule has 1 aliphatic rings. The maximum absolute atomic E-state index is 9.07. The van der Waals surface area contributed by atoms with Gasteiger partial charge >= 0.3 is 0 Å². The van der Waals surface area contributed by atoms with Crippen LogP contribution in [0.5, 0.6) is 0 Å². The van der Waals surface area contributed by atoms with Gasteiger partial charge in [-0.05, 0) is 57.6 Å². The van der Waals surface area contributed by atoms with E-state index in [0.29, 0.717) is 0 Å². The number of anilines is 1. The molecule has 0 saturated heterocycles. The molecule has 0 saturated carbocycles. The molecule has 1 aromatic rings. The second-order valence-corrected chi connectivity index (χ2v) is 6.17. The normalized spacial score (nSPS) is 15.5. The third-order valence-electron chi connectivity index (χ3n) is 3.99. The van der Waals surface area contributed by atoms with Crippen molar-refractivity contribution < 1.29 is 0 Å². The van der Waals surface area contributed by atoms with E-state index >= 15 is 0 Å². The van der Waals surface area contributed by atoms with Crippen LogP contribution in [-0.4, -0.2) is 13.1 Å². The van der Waals surface area contributed by atoms with E-state index in [0.717, 1.165) is 25.9 Å². The predicted molar refractivity (Wildman–Crippen MR) is 80.2 cm³/mol. The summed E-state index contributed by atoms with van der Waals surface area (Å²) < 4.78 is 0. The average Bonchev–Trinajstić information content (AvgIpc) is 2.61. The first-order valence-electron chi connectivity index (χ1n) is 7.36. The molecule has 0 fully saturated rings. The topological polar surface area (TPSA) is 27.0 Å². The fourth-order valence-electron chi connectivity index (χ4n) is 2.77. The number of nitrogens with zero attached hydrogens (tertiary/aromatic N) is 2. The molecular formula is C17H24N2. The number of hydrogen-bond acceptors (Lipinski definition) is 2. The minimum atomic E-state index is -0.189. The van der Waals surface area contributed by atoms with Crippen molar-refractivity contribution in [1.82, 2.24) is 0 Å². The Morgan fingerprint density at radius 3 is 2.84 bits per heavy atom. The molecule has 2 nitrogen and oxygen atoms in total. The van der Waals surface area contributed by atoms with Crippen molar-refractivity contribution in [2.45, 2.75) is 46.0 Å². The van der Waals surface area contributed by atoms with Gasteiger partial charge in [0.25, 0.3) is 0 Å². The summed E-state index contributed by atoms with van der Waals surface area (Å²) in [5, 5.41) is 9.07. The molecule has 0 unspecified atom stereocenters. The van der Waals surface area contributed by atoms with E-state index in [1.54, 1.807) is 0 Å². The van der Waals surface area contributed by atoms with Crippen LogP contribution in [-0.2, 0) is 6.42 Å². The van der Waals surface area contributed by atoms with Gasteiger partial charge in [-0.2, -0.15) is 5.26 Å². The standard InChI is InChI=1S/C17H24N2/c1-17(2,14-18)11-7-13-19-12-6-5-9-15-8-3-4-10-16(15)19/h3-4,8,10H,5-7,9,11-13H2,1-2H3. The maximum atomic E-state index is 9.07. The lowest BCUT2D eigenvalue weighted by atomic mass is 9.90. The van der Waals surface area contributed by atoms with Gasteiger partial charge in [0.2, 0.25) is 0 Å². The molecule has 102 valence electrons. The molecule has 0 N–H and O–H groups in total. The summed E-state index contributed by atoms with van der Waals surface area (Å²) in [6.45, 7) is 6.29. The number of para-hydroxylation sites is 1. The highest BCUT2D eigenvalue weighted by Gasteiger charge is 2.18. The van der Waals surface area contributed by atoms with Crippen molar-refractivity contribution >= 4 is 5.69 Å². The maximum Gasteiger partial charge on any atom is 0.0683 e. The Hall–Kier alpha value is -1.49. The van der Waals surface area contributed by atoms with E-state index in [4.69, 9.17) is 5.26 Å². The average molecular weight is 256 g/mol. The zero-order valence-electron chi connectivity index (χ0n) is 12.2. The van der Waals surface area contributed by atoms with Crippen LogP contribution in [0.2, 0.25) is 0 Å². The van der Waals surface area contributed by atoms with Crippen molar-refractivity contribution in [1.29, 1.82) is 5.26 Å². The van der Waals surface area contributed by atoms with Gasteiger partial charge in [-0.3, -0.25) is 0 Å². The molecule has 2 heteroatoms. The van der Waals surface area contributed by atoms with E-state index < -0.39 is 0 Å². The van der Waals surface area contributed by atoms with E-state index in [2.05, 4.69) is 35.2 Å². The van der Waals surface area contributed by atoms with Gasteiger partial charge in [0.05, 0.1) is 11.5 Å². The smallest absolute Gasteiger partial charge is 0.0683 e. The van der Waals surface area contributed by atoms with Crippen LogP contribution in [0.25, 0.3) is 0 Å². The molecule has 0 amide bonds. The van der Waals surface area contributed by atoms with Gasteiger partial charge in [-0.25, -0.2) is 0 Å². The molecule has 19 heavy (non-hydrogen) atoms. The third-order valence-corrected chi connectivity index (χ3v) is 3.99. The Morgan fingerprint density at radius 2 is 2.05 bits per heavy atom. The summed E-state index contributed by atoms with van der Waals surface area (Å²) in [7, 11) is 0. The van der Waals surface area contributed by atoms with E-state index in [1.165, 1.54) is 30.5 Å². The van der Waals surface area contributed by atoms with Crippen LogP contribution in [0.3, 0.4) is 0 Å². The van der Waals surface area contributed by atoms with Crippen LogP contribution >= 0.6 is 0 Å². The molecule has 1 heterocycles. The molecule has 1 aromatic carbocycles. The van der Waals surface area contributed by atoms with Crippen LogP contribution in [0.1, 0.15) is 45.1 Å². The summed E-state index contributed by atoms with van der Waals surface area (Å²) in [6, 6.07) is 11.2. The summed E-state index contributed by atoms with van der Waals surface area (Å²) >= 11 is 0. The molecule has 2 rings (SSSR count). The minimum absolute atomic E-state index is 0.189. The Labute approximate surface area is 117 Å². The third kappa shape index (κ3) is 3.73. The van der Waals surface area contributed by atoms with Crippen LogP contribution in [0, 0.1) is 16.7 Å². The zero-order valence-corrected chi connectivity index (χ0v) is 12.2. The van der Waals surface area contributed by atoms with E-state index in [1.807, 2.05) is 13.8 Å². The fraction of sp³-hybridized carbons (Fsp3) is 0.588. The fourth-order valence-corrected chi connectivity index (χ4v) is 2.77. The number of hydrogen-bond donors (Lipinski definition) is 0. The summed E-state index contributed by atoms with van der Waals surface area (Å²) in [5.41, 5.74) is 2.71. The lowest BCUT2D eigenvalue weighted by Crippen LogP contribution is -2.26. The summed E-state index contributed by atoms with van der Waals surface area (Å²) in [4.78, 5) is 2.51. The minimum Gasteiger partial charge on any atom is -0.371 e. The van der Waals surface area contributed by atoms with Crippen molar-refractivity contribution in [3.63, 3.8) is 0 Å². The highest BCUT2D eigenvalue weighted by atomic mass is 15.1. The monoisotopic (exact) mass is 256 g/mol. The zero-order chi connectivity index (χ0) is 13.7. The molecule has 0 radical (unpaired) electrons. The molecule has 0 spiro atoms. The van der Waals surface area contributed by atoms with Gasteiger partial charge in [-0.1, -0.05) is 18.2 Å². The Bertz CT molecular complexity index is 457. The van der Waals surface area contributed by atoms with Gasteiger partial charge in [-0.15, -0.1) is 0 Å². The number of nitriles is 1. The first-order chi connectivity index (χ1) is 9.12. The number of benzene rings is 1. The van der Waals surface area contributed by atoms with Gasteiger partial charge in [0.15, 0.2) is 0 Å². The Morgan fingerprint density at radius 1 is 1.26 bits per heavy atom. The highest BCUT2D eigenvalue weighted by molar-refractivity contribution is 5.54. The van der Waals surface area contributed by atoms with Crippen molar-refractivity contribution in [3.8, 4) is 6.07 Å². The largest absolute Gasteiger partial charge is 0.371 e. The first kappa shape index (κ1) is 13.9. The molecule has 0 bridgehead atoms. The van der Waals surface area contributed by atoms with Gasteiger partial charge in [0, 0.05) is 18.8 Å². The quantitative estimate of drug-likeness (QED) is 0.808. The second kappa shape index (κ2) is 6.10. The van der Waals surface area contributed by atoms with Gasteiger partial charge < -0.3 is 4.90 Å². The number of fused-ring (bicyclic) bond motifs is 1. The summed E-state index contributed by atoms with van der Waals surface area (Å²) in [5.74, 6) is 0. The second-order valence-electron chi connectivity index (χ2n) is 6.17. The van der Waals surface area contributed by atoms with Gasteiger partial charge in [0.1, 0.15) is 0 Å². The number of rotatable bonds is 4. The predicted octanol–water partition coefficient (Wildman–Crippen LogP) is 4.16. The highest BCUT2D eigenvalue weighted by Crippen LogP contribution is 2.27. The van der Waals surface area contributed by atoms with Crippen LogP contribution in [0.15, 0.2) is 24.3 Å². The van der Waals surface area contributed by atoms with E-state index in [9.17, 15) is 0 Å².